The van der Waals surface area contributed by atoms with E-state index in [-0.39, 0.29) is 10.9 Å². The molecule has 2 rings (SSSR count). The molecule has 0 amide bonds. The molecule has 1 aromatic heterocycles. The summed E-state index contributed by atoms with van der Waals surface area (Å²) in [5.41, 5.74) is -0.567. The number of aromatic nitrogens is 1. The van der Waals surface area contributed by atoms with Crippen molar-refractivity contribution in [2.45, 2.75) is 6.11 Å². The molecule has 0 radical (unpaired) electrons. The molecule has 0 atom stereocenters. The predicted molar refractivity (Wildman–Crippen MR) is 61.6 cm³/mol. The number of non-ortho nitro benzene ring substituents is 1. The second-order valence-corrected chi connectivity index (χ2v) is 3.66. The zero-order valence-corrected chi connectivity index (χ0v) is 9.62. The number of alkyl halides is 2. The van der Waals surface area contributed by atoms with Crippen molar-refractivity contribution < 1.29 is 28.3 Å². The first-order valence-electron chi connectivity index (χ1n) is 5.15. The largest absolute Gasteiger partial charge is 0.501 e. The Morgan fingerprint density at radius 1 is 1.40 bits per heavy atom. The number of fused-ring (bicyclic) bond motifs is 1. The number of halogens is 2. The van der Waals surface area contributed by atoms with Gasteiger partial charge in [0, 0.05) is 17.6 Å². The number of nitro groups is 1. The molecule has 0 saturated heterocycles. The normalized spacial score (nSPS) is 11.3. The fourth-order valence-electron chi connectivity index (χ4n) is 1.55. The molecule has 1 N–H and O–H groups in total. The molecule has 7 nitrogen and oxygen atoms in total. The van der Waals surface area contributed by atoms with Crippen molar-refractivity contribution in [3.05, 3.63) is 40.6 Å². The van der Waals surface area contributed by atoms with Gasteiger partial charge in [0.25, 0.3) is 5.69 Å². The van der Waals surface area contributed by atoms with Gasteiger partial charge in [-0.05, 0) is 18.2 Å². The van der Waals surface area contributed by atoms with Crippen molar-refractivity contribution in [1.82, 2.24) is 4.98 Å². The van der Waals surface area contributed by atoms with Crippen LogP contribution in [0.1, 0.15) is 0 Å². The number of carboxylic acid groups (broad SMARTS) is 1. The highest BCUT2D eigenvalue weighted by atomic mass is 19.3. The van der Waals surface area contributed by atoms with Crippen LogP contribution in [0.5, 0.6) is 5.75 Å². The van der Waals surface area contributed by atoms with Crippen molar-refractivity contribution in [1.29, 1.82) is 0 Å². The number of carboxylic acids is 1. The third-order valence-electron chi connectivity index (χ3n) is 2.39. The Hall–Kier alpha value is -2.84. The molecule has 1 heterocycles. The molecule has 0 spiro atoms. The van der Waals surface area contributed by atoms with Gasteiger partial charge in [0.2, 0.25) is 0 Å². The van der Waals surface area contributed by atoms with Gasteiger partial charge in [-0.15, -0.1) is 0 Å². The molecular weight excluding hydrogens is 278 g/mol. The van der Waals surface area contributed by atoms with Crippen LogP contribution in [0.15, 0.2) is 30.5 Å². The maximum absolute atomic E-state index is 13.0. The molecule has 0 bridgehead atoms. The van der Waals surface area contributed by atoms with Gasteiger partial charge in [0.15, 0.2) is 5.52 Å². The monoisotopic (exact) mass is 284 g/mol. The van der Waals surface area contributed by atoms with E-state index < -0.39 is 28.4 Å². The molecule has 2 aromatic rings. The van der Waals surface area contributed by atoms with Gasteiger partial charge in [0.1, 0.15) is 5.75 Å². The minimum Gasteiger partial charge on any atom is -0.474 e. The third-order valence-corrected chi connectivity index (χ3v) is 2.39. The summed E-state index contributed by atoms with van der Waals surface area (Å²) < 4.78 is 30.2. The lowest BCUT2D eigenvalue weighted by Gasteiger charge is -2.14. The first-order chi connectivity index (χ1) is 9.33. The summed E-state index contributed by atoms with van der Waals surface area (Å²) in [5.74, 6) is -2.97. The molecule has 104 valence electrons. The van der Waals surface area contributed by atoms with E-state index in [1.54, 1.807) is 0 Å². The predicted octanol–water partition coefficient (Wildman–Crippen LogP) is 2.20. The summed E-state index contributed by atoms with van der Waals surface area (Å²) in [6.07, 6.45) is -3.20. The molecule has 0 aliphatic carbocycles. The first-order valence-corrected chi connectivity index (χ1v) is 5.15. The van der Waals surface area contributed by atoms with E-state index in [0.29, 0.717) is 0 Å². The number of aliphatic carboxylic acids is 1. The smallest absolute Gasteiger partial charge is 0.474 e. The topological polar surface area (TPSA) is 103 Å². The molecule has 0 aliphatic heterocycles. The minimum absolute atomic E-state index is 0.0809. The zero-order valence-electron chi connectivity index (χ0n) is 9.62. The van der Waals surface area contributed by atoms with Gasteiger partial charge in [-0.1, -0.05) is 0 Å². The lowest BCUT2D eigenvalue weighted by molar-refractivity contribution is -0.383. The van der Waals surface area contributed by atoms with E-state index in [1.165, 1.54) is 18.3 Å². The van der Waals surface area contributed by atoms with E-state index in [0.717, 1.165) is 12.1 Å². The molecule has 20 heavy (non-hydrogen) atoms. The Morgan fingerprint density at radius 2 is 2.10 bits per heavy atom. The maximum Gasteiger partial charge on any atom is 0.501 e. The van der Waals surface area contributed by atoms with Crippen LogP contribution >= 0.6 is 0 Å². The van der Waals surface area contributed by atoms with Gasteiger partial charge >= 0.3 is 12.1 Å². The molecule has 0 aliphatic rings. The Kier molecular flexibility index (Phi) is 3.18. The second kappa shape index (κ2) is 4.68. The van der Waals surface area contributed by atoms with Gasteiger partial charge in [0.05, 0.1) is 4.92 Å². The van der Waals surface area contributed by atoms with Crippen molar-refractivity contribution in [3.63, 3.8) is 0 Å². The average Bonchev–Trinajstić information content (AvgIpc) is 2.38. The van der Waals surface area contributed by atoms with Gasteiger partial charge in [-0.3, -0.25) is 10.1 Å². The lowest BCUT2D eigenvalue weighted by Crippen LogP contribution is -2.34. The summed E-state index contributed by atoms with van der Waals surface area (Å²) in [5, 5.41) is 19.0. The standard InChI is InChI=1S/C11H6F2N2O5/c12-11(13,10(16)17)20-8-4-3-7(15(18)19)9-6(8)2-1-5-14-9/h1-5H,(H,16,17). The Bertz CT molecular complexity index is 704. The molecule has 0 saturated carbocycles. The van der Waals surface area contributed by atoms with E-state index in [1.807, 2.05) is 0 Å². The molecule has 1 aromatic carbocycles. The summed E-state index contributed by atoms with van der Waals surface area (Å²) in [6, 6.07) is 4.45. The number of hydrogen-bond donors (Lipinski definition) is 1. The van der Waals surface area contributed by atoms with Crippen LogP contribution in [0.3, 0.4) is 0 Å². The second-order valence-electron chi connectivity index (χ2n) is 3.66. The number of benzene rings is 1. The molecule has 0 fully saturated rings. The molecule has 0 unspecified atom stereocenters. The van der Waals surface area contributed by atoms with Crippen LogP contribution < -0.4 is 4.74 Å². The summed E-state index contributed by atoms with van der Waals surface area (Å²) in [6.45, 7) is 0. The van der Waals surface area contributed by atoms with Crippen LogP contribution in [0.4, 0.5) is 14.5 Å². The van der Waals surface area contributed by atoms with Crippen LogP contribution in [0.25, 0.3) is 10.9 Å². The van der Waals surface area contributed by atoms with Crippen molar-refractivity contribution in [3.8, 4) is 5.75 Å². The fourth-order valence-corrected chi connectivity index (χ4v) is 1.55. The van der Waals surface area contributed by atoms with Crippen molar-refractivity contribution in [2.24, 2.45) is 0 Å². The lowest BCUT2D eigenvalue weighted by atomic mass is 10.1. The zero-order chi connectivity index (χ0) is 14.9. The van der Waals surface area contributed by atoms with Crippen molar-refractivity contribution >= 4 is 22.6 Å². The summed E-state index contributed by atoms with van der Waals surface area (Å²) in [4.78, 5) is 24.1. The van der Waals surface area contributed by atoms with Crippen LogP contribution in [-0.4, -0.2) is 27.1 Å². The third kappa shape index (κ3) is 2.32. The number of nitro benzene ring substituents is 1. The summed E-state index contributed by atoms with van der Waals surface area (Å²) >= 11 is 0. The van der Waals surface area contributed by atoms with E-state index in [9.17, 15) is 23.7 Å². The number of rotatable bonds is 4. The highest BCUT2D eigenvalue weighted by molar-refractivity contribution is 5.92. The van der Waals surface area contributed by atoms with Crippen LogP contribution in [0, 0.1) is 10.1 Å². The minimum atomic E-state index is -4.45. The van der Waals surface area contributed by atoms with Gasteiger partial charge in [-0.2, -0.15) is 8.78 Å². The number of ether oxygens (including phenoxy) is 1. The Labute approximate surface area is 109 Å². The highest BCUT2D eigenvalue weighted by Gasteiger charge is 2.43. The van der Waals surface area contributed by atoms with Crippen molar-refractivity contribution in [2.75, 3.05) is 0 Å². The van der Waals surface area contributed by atoms with Gasteiger partial charge in [-0.25, -0.2) is 9.78 Å². The Balaban J connectivity index is 2.60. The number of carbonyl (C=O) groups is 1. The molecule has 9 heteroatoms. The number of nitrogens with zero attached hydrogens (tertiary/aromatic N) is 2. The van der Waals surface area contributed by atoms with Gasteiger partial charge < -0.3 is 9.84 Å². The van der Waals surface area contributed by atoms with E-state index >= 15 is 0 Å². The SMILES string of the molecule is O=C(O)C(F)(F)Oc1ccc([N+](=O)[O-])c2ncccc12. The quantitative estimate of drug-likeness (QED) is 0.682. The van der Waals surface area contributed by atoms with E-state index in [4.69, 9.17) is 5.11 Å². The Morgan fingerprint density at radius 3 is 2.70 bits per heavy atom. The maximum atomic E-state index is 13.0. The summed E-state index contributed by atoms with van der Waals surface area (Å²) in [7, 11) is 0. The van der Waals surface area contributed by atoms with E-state index in [2.05, 4.69) is 9.72 Å². The number of hydrogen-bond acceptors (Lipinski definition) is 5. The fraction of sp³-hybridized carbons (Fsp3) is 0.0909. The molecular formula is C11H6F2N2O5. The first kappa shape index (κ1) is 13.6. The van der Waals surface area contributed by atoms with Crippen LogP contribution in [-0.2, 0) is 4.79 Å². The van der Waals surface area contributed by atoms with Crippen LogP contribution in [0.2, 0.25) is 0 Å². The highest BCUT2D eigenvalue weighted by Crippen LogP contribution is 2.34. The average molecular weight is 284 g/mol. The number of pyridine rings is 1.